The number of nitrogens with one attached hydrogen (secondary N) is 2. The van der Waals surface area contributed by atoms with Gasteiger partial charge in [0.25, 0.3) is 0 Å². The summed E-state index contributed by atoms with van der Waals surface area (Å²) in [6.45, 7) is 2.74. The summed E-state index contributed by atoms with van der Waals surface area (Å²) in [6, 6.07) is 14.0. The summed E-state index contributed by atoms with van der Waals surface area (Å²) in [7, 11) is 1.88. The molecule has 7 heteroatoms. The zero-order valence-electron chi connectivity index (χ0n) is 18.7. The molecule has 7 nitrogen and oxygen atoms in total. The molecule has 3 unspecified atom stereocenters. The number of hydrogen-bond donors (Lipinski definition) is 2. The number of benzene rings is 1. The average Bonchev–Trinajstić information content (AvgIpc) is 3.33. The first-order chi connectivity index (χ1) is 15.6. The Morgan fingerprint density at radius 2 is 1.91 bits per heavy atom. The molecule has 1 aromatic heterocycles. The van der Waals surface area contributed by atoms with Crippen LogP contribution in [0, 0.1) is 11.8 Å². The number of likely N-dealkylation sites (tertiary alicyclic amines) is 1. The Balaban J connectivity index is 1.33. The number of carbonyl (C=O) groups is 2. The molecule has 0 bridgehead atoms. The fourth-order valence-corrected chi connectivity index (χ4v) is 4.91. The van der Waals surface area contributed by atoms with Crippen LogP contribution >= 0.6 is 0 Å². The summed E-state index contributed by atoms with van der Waals surface area (Å²) in [6.07, 6.45) is 6.78. The van der Waals surface area contributed by atoms with Crippen LogP contribution in [0.1, 0.15) is 30.4 Å². The molecule has 0 radical (unpaired) electrons. The molecule has 3 atom stereocenters. The molecule has 3 heterocycles. The molecule has 2 aliphatic rings. The number of amides is 2. The second-order valence-corrected chi connectivity index (χ2v) is 8.93. The summed E-state index contributed by atoms with van der Waals surface area (Å²) in [5.74, 6) is 0.488. The van der Waals surface area contributed by atoms with Crippen molar-refractivity contribution in [1.29, 1.82) is 0 Å². The Morgan fingerprint density at radius 1 is 1.12 bits per heavy atom. The Kier molecular flexibility index (Phi) is 7.50. The van der Waals surface area contributed by atoms with Crippen molar-refractivity contribution in [1.82, 2.24) is 25.6 Å². The van der Waals surface area contributed by atoms with Crippen molar-refractivity contribution in [2.75, 3.05) is 26.7 Å². The Labute approximate surface area is 190 Å². The molecule has 4 rings (SSSR count). The molecule has 2 saturated heterocycles. The number of rotatable bonds is 7. The van der Waals surface area contributed by atoms with E-state index in [4.69, 9.17) is 0 Å². The van der Waals surface area contributed by atoms with E-state index in [2.05, 4.69) is 15.8 Å². The maximum Gasteiger partial charge on any atom is 0.228 e. The molecular weight excluding hydrogens is 402 g/mol. The van der Waals surface area contributed by atoms with Gasteiger partial charge in [-0.25, -0.2) is 0 Å². The third kappa shape index (κ3) is 5.53. The minimum Gasteiger partial charge on any atom is -0.342 e. The lowest BCUT2D eigenvalue weighted by Gasteiger charge is -2.37. The number of aromatic nitrogens is 1. The van der Waals surface area contributed by atoms with Crippen LogP contribution in [0.2, 0.25) is 0 Å². The van der Waals surface area contributed by atoms with E-state index in [0.29, 0.717) is 26.1 Å². The number of carbonyl (C=O) groups excluding carboxylic acids is 2. The van der Waals surface area contributed by atoms with E-state index in [0.717, 1.165) is 36.9 Å². The van der Waals surface area contributed by atoms with E-state index in [1.54, 1.807) is 12.4 Å². The highest BCUT2D eigenvalue weighted by molar-refractivity contribution is 5.80. The molecular formula is C25H33N5O2. The molecule has 0 spiro atoms. The quantitative estimate of drug-likeness (QED) is 0.696. The lowest BCUT2D eigenvalue weighted by molar-refractivity contribution is -0.135. The zero-order chi connectivity index (χ0) is 22.3. The van der Waals surface area contributed by atoms with Gasteiger partial charge in [-0.2, -0.15) is 0 Å². The minimum absolute atomic E-state index is 0.0384. The monoisotopic (exact) mass is 435 g/mol. The topological polar surface area (TPSA) is 77.6 Å². The Hall–Kier alpha value is -2.77. The number of pyridine rings is 1. The third-order valence-electron chi connectivity index (χ3n) is 6.68. The van der Waals surface area contributed by atoms with Gasteiger partial charge in [0.1, 0.15) is 0 Å². The van der Waals surface area contributed by atoms with Crippen molar-refractivity contribution >= 4 is 11.8 Å². The van der Waals surface area contributed by atoms with Crippen molar-refractivity contribution in [3.8, 4) is 0 Å². The molecule has 0 saturated carbocycles. The fourth-order valence-electron chi connectivity index (χ4n) is 4.91. The molecule has 2 aliphatic heterocycles. The molecule has 0 aliphatic carbocycles. The van der Waals surface area contributed by atoms with Gasteiger partial charge < -0.3 is 9.80 Å². The van der Waals surface area contributed by atoms with Crippen LogP contribution in [-0.2, 0) is 22.6 Å². The predicted octanol–water partition coefficient (Wildman–Crippen LogP) is 2.00. The first-order valence-electron chi connectivity index (χ1n) is 11.6. The van der Waals surface area contributed by atoms with Crippen LogP contribution in [0.5, 0.6) is 0 Å². The third-order valence-corrected chi connectivity index (χ3v) is 6.68. The van der Waals surface area contributed by atoms with E-state index in [9.17, 15) is 9.59 Å². The Morgan fingerprint density at radius 3 is 2.69 bits per heavy atom. The van der Waals surface area contributed by atoms with Gasteiger partial charge in [0.15, 0.2) is 0 Å². The van der Waals surface area contributed by atoms with Crippen LogP contribution in [0.4, 0.5) is 0 Å². The van der Waals surface area contributed by atoms with Crippen LogP contribution in [0.15, 0.2) is 54.9 Å². The first kappa shape index (κ1) is 22.4. The van der Waals surface area contributed by atoms with Crippen LogP contribution in [0.25, 0.3) is 0 Å². The number of hydrogen-bond acceptors (Lipinski definition) is 5. The molecule has 2 aromatic rings. The molecule has 170 valence electrons. The average molecular weight is 436 g/mol. The lowest BCUT2D eigenvalue weighted by Crippen LogP contribution is -2.51. The predicted molar refractivity (Wildman–Crippen MR) is 123 cm³/mol. The van der Waals surface area contributed by atoms with E-state index in [1.165, 1.54) is 0 Å². The largest absolute Gasteiger partial charge is 0.342 e. The highest BCUT2D eigenvalue weighted by Crippen LogP contribution is 2.27. The smallest absolute Gasteiger partial charge is 0.228 e. The van der Waals surface area contributed by atoms with Gasteiger partial charge in [-0.3, -0.25) is 25.4 Å². The molecule has 32 heavy (non-hydrogen) atoms. The highest BCUT2D eigenvalue weighted by atomic mass is 16.2. The van der Waals surface area contributed by atoms with Crippen molar-refractivity contribution in [3.05, 3.63) is 66.0 Å². The summed E-state index contributed by atoms with van der Waals surface area (Å²) in [4.78, 5) is 33.9. The van der Waals surface area contributed by atoms with Crippen molar-refractivity contribution in [3.63, 3.8) is 0 Å². The van der Waals surface area contributed by atoms with Crippen LogP contribution in [-0.4, -0.2) is 59.3 Å². The number of hydrazine groups is 1. The second-order valence-electron chi connectivity index (χ2n) is 8.93. The maximum absolute atomic E-state index is 13.2. The second kappa shape index (κ2) is 10.7. The Bertz CT molecular complexity index is 892. The maximum atomic E-state index is 13.2. The number of piperidine rings is 1. The summed E-state index contributed by atoms with van der Waals surface area (Å²) >= 11 is 0. The summed E-state index contributed by atoms with van der Waals surface area (Å²) in [5, 5.41) is 0. The van der Waals surface area contributed by atoms with E-state index >= 15 is 0 Å². The summed E-state index contributed by atoms with van der Waals surface area (Å²) in [5.41, 5.74) is 8.82. The van der Waals surface area contributed by atoms with E-state index in [-0.39, 0.29) is 29.7 Å². The van der Waals surface area contributed by atoms with Crippen molar-refractivity contribution in [2.45, 2.75) is 38.3 Å². The van der Waals surface area contributed by atoms with Gasteiger partial charge in [-0.15, -0.1) is 0 Å². The zero-order valence-corrected chi connectivity index (χ0v) is 18.7. The number of nitrogens with zero attached hydrogens (tertiary/aromatic N) is 3. The first-order valence-corrected chi connectivity index (χ1v) is 11.6. The van der Waals surface area contributed by atoms with Crippen LogP contribution in [0.3, 0.4) is 0 Å². The van der Waals surface area contributed by atoms with Gasteiger partial charge in [-0.05, 0) is 48.4 Å². The standard InChI is InChI=1S/C25H33N5O2/c1-29(17-20-6-3-2-4-7-20)25(32)22-16-27-28-24(22)21-8-5-15-30(18-21)23(31)10-9-19-11-13-26-14-12-19/h2-4,6-7,11-14,21-22,24,27-28H,5,8-10,15-18H2,1H3. The molecule has 1 aromatic carbocycles. The normalized spacial score (nSPS) is 23.2. The number of aryl methyl sites for hydroxylation is 1. The van der Waals surface area contributed by atoms with E-state index in [1.807, 2.05) is 59.3 Å². The van der Waals surface area contributed by atoms with E-state index < -0.39 is 0 Å². The van der Waals surface area contributed by atoms with Gasteiger partial charge in [0.2, 0.25) is 11.8 Å². The summed E-state index contributed by atoms with van der Waals surface area (Å²) < 4.78 is 0. The highest BCUT2D eigenvalue weighted by Gasteiger charge is 2.41. The lowest BCUT2D eigenvalue weighted by atomic mass is 9.83. The van der Waals surface area contributed by atoms with Crippen molar-refractivity contribution in [2.24, 2.45) is 11.8 Å². The van der Waals surface area contributed by atoms with Gasteiger partial charge in [0.05, 0.1) is 5.92 Å². The SMILES string of the molecule is CN(Cc1ccccc1)C(=O)C1CNNC1C1CCCN(C(=O)CCc2ccncc2)C1. The molecule has 2 N–H and O–H groups in total. The molecule has 2 amide bonds. The fraction of sp³-hybridized carbons (Fsp3) is 0.480. The van der Waals surface area contributed by atoms with Crippen molar-refractivity contribution < 1.29 is 9.59 Å². The van der Waals surface area contributed by atoms with Crippen LogP contribution < -0.4 is 10.9 Å². The van der Waals surface area contributed by atoms with Gasteiger partial charge in [0, 0.05) is 58.1 Å². The minimum atomic E-state index is -0.124. The van der Waals surface area contributed by atoms with Gasteiger partial charge in [-0.1, -0.05) is 30.3 Å². The van der Waals surface area contributed by atoms with Gasteiger partial charge >= 0.3 is 0 Å². The molecule has 2 fully saturated rings.